The Labute approximate surface area is 197 Å². The molecule has 3 aromatic rings. The molecule has 0 saturated carbocycles. The highest BCUT2D eigenvalue weighted by Crippen LogP contribution is 2.18. The second-order valence-corrected chi connectivity index (χ2v) is 8.49. The Kier molecular flexibility index (Phi) is 8.45. The summed E-state index contributed by atoms with van der Waals surface area (Å²) in [6.07, 6.45) is 0.408. The molecule has 0 aliphatic rings. The van der Waals surface area contributed by atoms with Gasteiger partial charge in [0.15, 0.2) is 6.61 Å². The Morgan fingerprint density at radius 3 is 2.31 bits per heavy atom. The minimum Gasteiger partial charge on any atom is -0.484 e. The molecule has 0 bridgehead atoms. The van der Waals surface area contributed by atoms with Gasteiger partial charge in [0.1, 0.15) is 11.8 Å². The topological polar surface area (TPSA) is 58.6 Å². The van der Waals surface area contributed by atoms with E-state index in [-0.39, 0.29) is 18.4 Å². The van der Waals surface area contributed by atoms with E-state index in [0.717, 1.165) is 21.2 Å². The maximum absolute atomic E-state index is 13.3. The van der Waals surface area contributed by atoms with Crippen LogP contribution >= 0.6 is 15.9 Å². The highest BCUT2D eigenvalue weighted by molar-refractivity contribution is 9.10. The fourth-order valence-corrected chi connectivity index (χ4v) is 3.86. The molecule has 1 N–H and O–H groups in total. The number of hydrogen-bond acceptors (Lipinski definition) is 3. The van der Waals surface area contributed by atoms with Crippen molar-refractivity contribution in [3.05, 3.63) is 100 Å². The highest BCUT2D eigenvalue weighted by atomic mass is 79.9. The minimum absolute atomic E-state index is 0.153. The van der Waals surface area contributed by atoms with Crippen LogP contribution in [0.5, 0.6) is 5.75 Å². The summed E-state index contributed by atoms with van der Waals surface area (Å²) in [5.41, 5.74) is 3.01. The molecule has 0 aliphatic heterocycles. The predicted octanol–water partition coefficient (Wildman–Crippen LogP) is 4.52. The first-order valence-electron chi connectivity index (χ1n) is 10.4. The zero-order valence-corrected chi connectivity index (χ0v) is 19.8. The third-order valence-electron chi connectivity index (χ3n) is 5.14. The quantitative estimate of drug-likeness (QED) is 0.475. The maximum Gasteiger partial charge on any atom is 0.261 e. The zero-order chi connectivity index (χ0) is 22.9. The average Bonchev–Trinajstić information content (AvgIpc) is 2.81. The van der Waals surface area contributed by atoms with E-state index in [4.69, 9.17) is 4.74 Å². The molecule has 0 spiro atoms. The van der Waals surface area contributed by atoms with Crippen LogP contribution < -0.4 is 10.1 Å². The van der Waals surface area contributed by atoms with Crippen LogP contribution in [0.15, 0.2) is 83.3 Å². The monoisotopic (exact) mass is 494 g/mol. The number of amides is 2. The van der Waals surface area contributed by atoms with Crippen LogP contribution in [-0.4, -0.2) is 36.4 Å². The van der Waals surface area contributed by atoms with Gasteiger partial charge >= 0.3 is 0 Å². The summed E-state index contributed by atoms with van der Waals surface area (Å²) in [5, 5.41) is 2.71. The lowest BCUT2D eigenvalue weighted by Gasteiger charge is -2.31. The molecule has 0 heterocycles. The van der Waals surface area contributed by atoms with E-state index < -0.39 is 6.04 Å². The lowest BCUT2D eigenvalue weighted by molar-refractivity contribution is -0.142. The van der Waals surface area contributed by atoms with E-state index >= 15 is 0 Å². The summed E-state index contributed by atoms with van der Waals surface area (Å²) in [5.74, 6) is 0.147. The molecule has 1 atom stereocenters. The van der Waals surface area contributed by atoms with Gasteiger partial charge in [-0.15, -0.1) is 0 Å². The number of rotatable bonds is 9. The van der Waals surface area contributed by atoms with Crippen molar-refractivity contribution < 1.29 is 14.3 Å². The number of likely N-dealkylation sites (N-methyl/N-ethyl adjacent to an activating group) is 1. The van der Waals surface area contributed by atoms with Crippen molar-refractivity contribution in [2.75, 3.05) is 13.7 Å². The maximum atomic E-state index is 13.3. The molecular formula is C26H27BrN2O3. The molecule has 0 saturated heterocycles. The normalized spacial score (nSPS) is 11.5. The van der Waals surface area contributed by atoms with Crippen LogP contribution in [0.2, 0.25) is 0 Å². The van der Waals surface area contributed by atoms with Crippen LogP contribution in [-0.2, 0) is 22.6 Å². The largest absolute Gasteiger partial charge is 0.484 e. The van der Waals surface area contributed by atoms with E-state index in [1.165, 1.54) is 0 Å². The van der Waals surface area contributed by atoms with Crippen LogP contribution in [0, 0.1) is 6.92 Å². The molecule has 0 unspecified atom stereocenters. The van der Waals surface area contributed by atoms with Gasteiger partial charge in [0.2, 0.25) is 5.91 Å². The van der Waals surface area contributed by atoms with Crippen LogP contribution in [0.4, 0.5) is 0 Å². The summed E-state index contributed by atoms with van der Waals surface area (Å²) in [6, 6.07) is 24.3. The van der Waals surface area contributed by atoms with Gasteiger partial charge in [0.05, 0.1) is 0 Å². The number of carbonyl (C=O) groups is 2. The van der Waals surface area contributed by atoms with Crippen molar-refractivity contribution in [3.8, 4) is 5.75 Å². The first-order chi connectivity index (χ1) is 15.5. The highest BCUT2D eigenvalue weighted by Gasteiger charge is 2.30. The molecule has 0 radical (unpaired) electrons. The van der Waals surface area contributed by atoms with Gasteiger partial charge in [-0.05, 0) is 42.3 Å². The molecule has 2 amide bonds. The van der Waals surface area contributed by atoms with Crippen molar-refractivity contribution in [1.82, 2.24) is 10.2 Å². The Balaban J connectivity index is 1.86. The lowest BCUT2D eigenvalue weighted by Crippen LogP contribution is -2.51. The van der Waals surface area contributed by atoms with E-state index in [1.807, 2.05) is 85.8 Å². The molecule has 0 aromatic heterocycles. The average molecular weight is 495 g/mol. The number of aryl methyl sites for hydroxylation is 1. The Morgan fingerprint density at radius 1 is 0.969 bits per heavy atom. The minimum atomic E-state index is -0.671. The zero-order valence-electron chi connectivity index (χ0n) is 18.3. The summed E-state index contributed by atoms with van der Waals surface area (Å²) >= 11 is 3.48. The number of benzene rings is 3. The Morgan fingerprint density at radius 2 is 1.66 bits per heavy atom. The Hall–Kier alpha value is -3.12. The Bertz CT molecular complexity index is 1040. The summed E-state index contributed by atoms with van der Waals surface area (Å²) in [6.45, 7) is 2.13. The van der Waals surface area contributed by atoms with Crippen LogP contribution in [0.1, 0.15) is 16.7 Å². The van der Waals surface area contributed by atoms with Crippen molar-refractivity contribution in [1.29, 1.82) is 0 Å². The lowest BCUT2D eigenvalue weighted by atomic mass is 10.0. The molecule has 3 rings (SSSR count). The van der Waals surface area contributed by atoms with E-state index in [1.54, 1.807) is 11.9 Å². The smallest absolute Gasteiger partial charge is 0.261 e. The van der Waals surface area contributed by atoms with Gasteiger partial charge in [-0.2, -0.15) is 0 Å². The SMILES string of the molecule is CNC(=O)[C@H](Cc1ccccc1)N(Cc1cccc(Br)c1)C(=O)COc1ccc(C)cc1. The van der Waals surface area contributed by atoms with Gasteiger partial charge in [0, 0.05) is 24.5 Å². The van der Waals surface area contributed by atoms with Gasteiger partial charge in [-0.1, -0.05) is 76.1 Å². The van der Waals surface area contributed by atoms with Crippen molar-refractivity contribution >= 4 is 27.7 Å². The van der Waals surface area contributed by atoms with Gasteiger partial charge in [0.25, 0.3) is 5.91 Å². The number of hydrogen-bond donors (Lipinski definition) is 1. The van der Waals surface area contributed by atoms with Crippen molar-refractivity contribution in [3.63, 3.8) is 0 Å². The third-order valence-corrected chi connectivity index (χ3v) is 5.64. The molecule has 5 nitrogen and oxygen atoms in total. The molecule has 166 valence electrons. The predicted molar refractivity (Wildman–Crippen MR) is 129 cm³/mol. The van der Waals surface area contributed by atoms with Crippen LogP contribution in [0.3, 0.4) is 0 Å². The standard InChI is InChI=1S/C26H27BrN2O3/c1-19-11-13-23(14-12-19)32-18-25(30)29(17-21-9-6-10-22(27)15-21)24(26(31)28-2)16-20-7-4-3-5-8-20/h3-15,24H,16-18H2,1-2H3,(H,28,31)/t24-/m0/s1. The van der Waals surface area contributed by atoms with Gasteiger partial charge < -0.3 is 15.0 Å². The summed E-state index contributed by atoms with van der Waals surface area (Å²) in [7, 11) is 1.59. The number of nitrogens with zero attached hydrogens (tertiary/aromatic N) is 1. The van der Waals surface area contributed by atoms with Gasteiger partial charge in [-0.3, -0.25) is 9.59 Å². The molecule has 0 fully saturated rings. The van der Waals surface area contributed by atoms with E-state index in [0.29, 0.717) is 18.7 Å². The first-order valence-corrected chi connectivity index (χ1v) is 11.2. The van der Waals surface area contributed by atoms with Gasteiger partial charge in [-0.25, -0.2) is 0 Å². The number of halogens is 1. The van der Waals surface area contributed by atoms with E-state index in [2.05, 4.69) is 21.2 Å². The van der Waals surface area contributed by atoms with Crippen molar-refractivity contribution in [2.45, 2.75) is 25.9 Å². The van der Waals surface area contributed by atoms with Crippen molar-refractivity contribution in [2.24, 2.45) is 0 Å². The molecule has 32 heavy (non-hydrogen) atoms. The third kappa shape index (κ3) is 6.69. The number of nitrogens with one attached hydrogen (secondary N) is 1. The fourth-order valence-electron chi connectivity index (χ4n) is 3.42. The molecule has 6 heteroatoms. The molecular weight excluding hydrogens is 468 g/mol. The summed E-state index contributed by atoms with van der Waals surface area (Å²) < 4.78 is 6.66. The fraction of sp³-hybridized carbons (Fsp3) is 0.231. The first kappa shape index (κ1) is 23.5. The molecule has 3 aromatic carbocycles. The second kappa shape index (κ2) is 11.5. The summed E-state index contributed by atoms with van der Waals surface area (Å²) in [4.78, 5) is 27.8. The number of carbonyl (C=O) groups excluding carboxylic acids is 2. The second-order valence-electron chi connectivity index (χ2n) is 7.57. The van der Waals surface area contributed by atoms with E-state index in [9.17, 15) is 9.59 Å². The van der Waals surface area contributed by atoms with Crippen LogP contribution in [0.25, 0.3) is 0 Å². The number of ether oxygens (including phenoxy) is 1. The molecule has 0 aliphatic carbocycles.